The summed E-state index contributed by atoms with van der Waals surface area (Å²) in [5.74, 6) is 1.11. The normalized spacial score (nSPS) is 16.8. The lowest BCUT2D eigenvalue weighted by molar-refractivity contribution is -0.117. The van der Waals surface area contributed by atoms with Crippen molar-refractivity contribution < 1.29 is 9.59 Å². The van der Waals surface area contributed by atoms with Crippen molar-refractivity contribution in [3.63, 3.8) is 0 Å². The number of hydrogen-bond acceptors (Lipinski definition) is 3. The second kappa shape index (κ2) is 8.41. The molecule has 1 aliphatic rings. The van der Waals surface area contributed by atoms with Crippen LogP contribution in [0.15, 0.2) is 53.4 Å². The Balaban J connectivity index is 1.60. The van der Waals surface area contributed by atoms with Crippen LogP contribution >= 0.6 is 11.8 Å². The van der Waals surface area contributed by atoms with E-state index in [2.05, 4.69) is 12.2 Å². The zero-order valence-corrected chi connectivity index (χ0v) is 16.0. The highest BCUT2D eigenvalue weighted by molar-refractivity contribution is 7.99. The molecule has 0 aromatic heterocycles. The Kier molecular flexibility index (Phi) is 5.99. The maximum Gasteiger partial charge on any atom is 0.252 e. The van der Waals surface area contributed by atoms with Crippen LogP contribution < -0.4 is 10.2 Å². The van der Waals surface area contributed by atoms with Crippen LogP contribution in [0, 0.1) is 12.8 Å². The highest BCUT2D eigenvalue weighted by Gasteiger charge is 2.30. The largest absolute Gasteiger partial charge is 0.352 e. The Labute approximate surface area is 159 Å². The molecule has 2 amide bonds. The quantitative estimate of drug-likeness (QED) is 0.787. The molecule has 4 nitrogen and oxygen atoms in total. The van der Waals surface area contributed by atoms with Crippen molar-refractivity contribution in [3.8, 4) is 0 Å². The summed E-state index contributed by atoms with van der Waals surface area (Å²) in [6.07, 6.45) is 0.472. The minimum absolute atomic E-state index is 0.0669. The van der Waals surface area contributed by atoms with Crippen LogP contribution in [0.25, 0.3) is 0 Å². The van der Waals surface area contributed by atoms with Gasteiger partial charge in [0.1, 0.15) is 0 Å². The van der Waals surface area contributed by atoms with Gasteiger partial charge < -0.3 is 10.2 Å². The molecule has 1 fully saturated rings. The van der Waals surface area contributed by atoms with Gasteiger partial charge in [-0.3, -0.25) is 9.59 Å². The number of amides is 2. The Morgan fingerprint density at radius 2 is 1.92 bits per heavy atom. The molecule has 1 N–H and O–H groups in total. The molecular weight excluding hydrogens is 344 g/mol. The molecule has 1 heterocycles. The Morgan fingerprint density at radius 1 is 1.19 bits per heavy atom. The van der Waals surface area contributed by atoms with E-state index in [1.165, 1.54) is 5.56 Å². The summed E-state index contributed by atoms with van der Waals surface area (Å²) in [4.78, 5) is 27.7. The fraction of sp³-hybridized carbons (Fsp3) is 0.333. The lowest BCUT2D eigenvalue weighted by Crippen LogP contribution is -2.31. The molecule has 1 unspecified atom stereocenters. The molecule has 2 aromatic carbocycles. The predicted octanol–water partition coefficient (Wildman–Crippen LogP) is 3.89. The topological polar surface area (TPSA) is 49.4 Å². The fourth-order valence-corrected chi connectivity index (χ4v) is 3.96. The van der Waals surface area contributed by atoms with Crippen LogP contribution in [0.4, 0.5) is 5.69 Å². The third kappa shape index (κ3) is 4.28. The number of thioether (sulfide) groups is 1. The molecule has 0 aliphatic carbocycles. The van der Waals surface area contributed by atoms with E-state index in [1.54, 1.807) is 11.8 Å². The maximum atomic E-state index is 12.5. The first kappa shape index (κ1) is 18.5. The first-order valence-corrected chi connectivity index (χ1v) is 9.94. The Hall–Kier alpha value is -2.27. The van der Waals surface area contributed by atoms with Crippen molar-refractivity contribution >= 4 is 29.3 Å². The number of carbonyl (C=O) groups excluding carboxylic acids is 2. The number of carbonyl (C=O) groups is 2. The Morgan fingerprint density at radius 3 is 2.65 bits per heavy atom. The average Bonchev–Trinajstić information content (AvgIpc) is 3.02. The van der Waals surface area contributed by atoms with Crippen molar-refractivity contribution in [2.45, 2.75) is 25.2 Å². The summed E-state index contributed by atoms with van der Waals surface area (Å²) in [5.41, 5.74) is 2.81. The molecule has 0 saturated carbocycles. The van der Waals surface area contributed by atoms with E-state index in [1.807, 2.05) is 60.4 Å². The van der Waals surface area contributed by atoms with Gasteiger partial charge in [-0.25, -0.2) is 0 Å². The van der Waals surface area contributed by atoms with Crippen molar-refractivity contribution in [2.75, 3.05) is 23.7 Å². The molecule has 136 valence electrons. The number of aryl methyl sites for hydroxylation is 1. The van der Waals surface area contributed by atoms with Crippen LogP contribution in [0.2, 0.25) is 0 Å². The van der Waals surface area contributed by atoms with Gasteiger partial charge >= 0.3 is 0 Å². The van der Waals surface area contributed by atoms with Gasteiger partial charge in [-0.2, -0.15) is 0 Å². The molecule has 1 aliphatic heterocycles. The first-order valence-electron chi connectivity index (χ1n) is 8.95. The number of rotatable bonds is 6. The van der Waals surface area contributed by atoms with Crippen molar-refractivity contribution in [1.82, 2.24) is 5.32 Å². The Bertz CT molecular complexity index is 789. The van der Waals surface area contributed by atoms with Gasteiger partial charge in [0, 0.05) is 36.0 Å². The van der Waals surface area contributed by atoms with Crippen LogP contribution in [0.3, 0.4) is 0 Å². The highest BCUT2D eigenvalue weighted by Crippen LogP contribution is 2.26. The molecule has 0 bridgehead atoms. The van der Waals surface area contributed by atoms with E-state index in [9.17, 15) is 9.59 Å². The second-order valence-corrected chi connectivity index (χ2v) is 7.86. The lowest BCUT2D eigenvalue weighted by atomic mass is 10.1. The van der Waals surface area contributed by atoms with Crippen molar-refractivity contribution in [2.24, 2.45) is 5.92 Å². The summed E-state index contributed by atoms with van der Waals surface area (Å²) < 4.78 is 0. The van der Waals surface area contributed by atoms with E-state index in [0.29, 0.717) is 25.1 Å². The van der Waals surface area contributed by atoms with E-state index in [-0.39, 0.29) is 17.7 Å². The van der Waals surface area contributed by atoms with E-state index < -0.39 is 0 Å². The van der Waals surface area contributed by atoms with Gasteiger partial charge in [0.05, 0.1) is 5.56 Å². The van der Waals surface area contributed by atoms with Gasteiger partial charge in [0.15, 0.2) is 0 Å². The van der Waals surface area contributed by atoms with Crippen LogP contribution in [-0.4, -0.2) is 30.7 Å². The van der Waals surface area contributed by atoms with E-state index in [0.717, 1.165) is 16.3 Å². The van der Waals surface area contributed by atoms with Gasteiger partial charge in [-0.1, -0.05) is 36.8 Å². The standard InChI is InChI=1S/C21H24N2O2S/c1-3-26-19-7-5-4-6-18(19)21(25)22-13-16-12-20(24)23(14-16)17-10-8-15(2)9-11-17/h4-11,16H,3,12-14H2,1-2H3,(H,22,25). The summed E-state index contributed by atoms with van der Waals surface area (Å²) in [5, 5.41) is 3.01. The molecule has 26 heavy (non-hydrogen) atoms. The lowest BCUT2D eigenvalue weighted by Gasteiger charge is -2.17. The number of anilines is 1. The molecule has 1 atom stereocenters. The molecule has 3 rings (SSSR count). The second-order valence-electron chi connectivity index (χ2n) is 6.55. The van der Waals surface area contributed by atoms with Gasteiger partial charge in [0.2, 0.25) is 5.91 Å². The van der Waals surface area contributed by atoms with E-state index >= 15 is 0 Å². The van der Waals surface area contributed by atoms with Crippen LogP contribution in [0.5, 0.6) is 0 Å². The summed E-state index contributed by atoms with van der Waals surface area (Å²) >= 11 is 1.66. The van der Waals surface area contributed by atoms with Crippen molar-refractivity contribution in [3.05, 3.63) is 59.7 Å². The molecule has 1 saturated heterocycles. The zero-order valence-electron chi connectivity index (χ0n) is 15.2. The number of benzene rings is 2. The van der Waals surface area contributed by atoms with E-state index in [4.69, 9.17) is 0 Å². The summed E-state index contributed by atoms with van der Waals surface area (Å²) in [6.45, 7) is 5.26. The zero-order chi connectivity index (χ0) is 18.5. The highest BCUT2D eigenvalue weighted by atomic mass is 32.2. The number of hydrogen-bond donors (Lipinski definition) is 1. The summed E-state index contributed by atoms with van der Waals surface area (Å²) in [7, 11) is 0. The molecule has 2 aromatic rings. The number of nitrogens with zero attached hydrogens (tertiary/aromatic N) is 1. The molecular formula is C21H24N2O2S. The minimum atomic E-state index is -0.0669. The van der Waals surface area contributed by atoms with Gasteiger partial charge in [-0.15, -0.1) is 11.8 Å². The SMILES string of the molecule is CCSc1ccccc1C(=O)NCC1CC(=O)N(c2ccc(C)cc2)C1. The molecule has 5 heteroatoms. The van der Waals surface area contributed by atoms with Crippen LogP contribution in [0.1, 0.15) is 29.3 Å². The third-order valence-corrected chi connectivity index (χ3v) is 5.49. The predicted molar refractivity (Wildman–Crippen MR) is 107 cm³/mol. The molecule has 0 radical (unpaired) electrons. The minimum Gasteiger partial charge on any atom is -0.352 e. The third-order valence-electron chi connectivity index (χ3n) is 4.53. The first-order chi connectivity index (χ1) is 12.6. The fourth-order valence-electron chi connectivity index (χ4n) is 3.16. The maximum absolute atomic E-state index is 12.5. The van der Waals surface area contributed by atoms with Crippen molar-refractivity contribution in [1.29, 1.82) is 0 Å². The average molecular weight is 369 g/mol. The van der Waals surface area contributed by atoms with Gasteiger partial charge in [-0.05, 0) is 36.9 Å². The van der Waals surface area contributed by atoms with Crippen LogP contribution in [-0.2, 0) is 4.79 Å². The van der Waals surface area contributed by atoms with Gasteiger partial charge in [0.25, 0.3) is 5.91 Å². The smallest absolute Gasteiger partial charge is 0.252 e. The monoisotopic (exact) mass is 368 g/mol. The summed E-state index contributed by atoms with van der Waals surface area (Å²) in [6, 6.07) is 15.6. The number of nitrogens with one attached hydrogen (secondary N) is 1. The molecule has 0 spiro atoms.